The number of alkyl halides is 3. The second-order valence-corrected chi connectivity index (χ2v) is 4.37. The molecule has 1 amide bonds. The van der Waals surface area contributed by atoms with Crippen LogP contribution in [-0.2, 0) is 0 Å². The summed E-state index contributed by atoms with van der Waals surface area (Å²) < 4.78 is 36.9. The summed E-state index contributed by atoms with van der Waals surface area (Å²) in [4.78, 5) is 16.3. The van der Waals surface area contributed by atoms with Crippen LogP contribution >= 0.6 is 11.3 Å². The van der Waals surface area contributed by atoms with Gasteiger partial charge in [-0.25, -0.2) is 4.98 Å². The van der Waals surface area contributed by atoms with E-state index in [0.717, 1.165) is 4.90 Å². The van der Waals surface area contributed by atoms with Crippen LogP contribution in [0.5, 0.6) is 0 Å². The fourth-order valence-corrected chi connectivity index (χ4v) is 1.94. The summed E-state index contributed by atoms with van der Waals surface area (Å²) in [5.41, 5.74) is 1.53. The smallest absolute Gasteiger partial charge is 0.325 e. The molecule has 1 heterocycles. The van der Waals surface area contributed by atoms with Gasteiger partial charge in [-0.1, -0.05) is 0 Å². The van der Waals surface area contributed by atoms with Crippen LogP contribution in [0.25, 0.3) is 0 Å². The summed E-state index contributed by atoms with van der Waals surface area (Å²) in [6, 6.07) is -0.268. The van der Waals surface area contributed by atoms with Gasteiger partial charge in [-0.15, -0.1) is 11.3 Å². The van der Waals surface area contributed by atoms with E-state index in [2.05, 4.69) is 4.98 Å². The Morgan fingerprint density at radius 3 is 2.69 bits per heavy atom. The molecule has 0 unspecified atom stereocenters. The van der Waals surface area contributed by atoms with Crippen molar-refractivity contribution in [3.63, 3.8) is 0 Å². The van der Waals surface area contributed by atoms with E-state index in [1.807, 2.05) is 0 Å². The highest BCUT2D eigenvalue weighted by Crippen LogP contribution is 2.31. The summed E-state index contributed by atoms with van der Waals surface area (Å²) >= 11 is 1.20. The number of hydrogen-bond donors (Lipinski definition) is 0. The van der Waals surface area contributed by atoms with Crippen LogP contribution in [0.3, 0.4) is 0 Å². The molecule has 7 heteroatoms. The third-order valence-electron chi connectivity index (χ3n) is 2.25. The van der Waals surface area contributed by atoms with Crippen molar-refractivity contribution in [2.75, 3.05) is 6.54 Å². The number of aromatic nitrogens is 1. The van der Waals surface area contributed by atoms with Crippen molar-refractivity contribution < 1.29 is 18.0 Å². The molecule has 0 bridgehead atoms. The number of hydrogen-bond acceptors (Lipinski definition) is 3. The van der Waals surface area contributed by atoms with Gasteiger partial charge in [-0.3, -0.25) is 4.79 Å². The Hall–Kier alpha value is -1.11. The summed E-state index contributed by atoms with van der Waals surface area (Å²) in [7, 11) is 0. The van der Waals surface area contributed by atoms with Crippen LogP contribution in [0.2, 0.25) is 0 Å². The summed E-state index contributed by atoms with van der Waals surface area (Å²) in [6.07, 6.45) is -3.06. The Morgan fingerprint density at radius 1 is 1.56 bits per heavy atom. The summed E-state index contributed by atoms with van der Waals surface area (Å²) in [5.74, 6) is -0.624. The van der Waals surface area contributed by atoms with E-state index in [1.165, 1.54) is 22.2 Å². The van der Waals surface area contributed by atoms with E-state index in [4.69, 9.17) is 0 Å². The zero-order valence-electron chi connectivity index (χ0n) is 8.20. The molecule has 1 fully saturated rings. The molecule has 1 aromatic heterocycles. The first-order valence-electron chi connectivity index (χ1n) is 4.73. The summed E-state index contributed by atoms with van der Waals surface area (Å²) in [6.45, 7) is -1.19. The lowest BCUT2D eigenvalue weighted by molar-refractivity contribution is -0.141. The molecular formula is C9H9F3N2OS. The lowest BCUT2D eigenvalue weighted by Crippen LogP contribution is -2.40. The topological polar surface area (TPSA) is 33.2 Å². The van der Waals surface area contributed by atoms with Crippen LogP contribution in [-0.4, -0.2) is 34.6 Å². The van der Waals surface area contributed by atoms with Gasteiger partial charge in [0.05, 0.1) is 5.51 Å². The van der Waals surface area contributed by atoms with Crippen LogP contribution in [0.4, 0.5) is 13.2 Å². The zero-order chi connectivity index (χ0) is 11.8. The second kappa shape index (κ2) is 4.04. The Balaban J connectivity index is 2.11. The van der Waals surface area contributed by atoms with Gasteiger partial charge in [0.15, 0.2) is 0 Å². The molecule has 2 rings (SSSR count). The molecule has 3 nitrogen and oxygen atoms in total. The van der Waals surface area contributed by atoms with Crippen LogP contribution < -0.4 is 0 Å². The van der Waals surface area contributed by atoms with Crippen molar-refractivity contribution in [3.05, 3.63) is 16.6 Å². The van der Waals surface area contributed by atoms with E-state index in [1.54, 1.807) is 0 Å². The lowest BCUT2D eigenvalue weighted by atomic mass is 10.3. The monoisotopic (exact) mass is 250 g/mol. The first-order chi connectivity index (χ1) is 7.47. The highest BCUT2D eigenvalue weighted by atomic mass is 32.1. The molecule has 1 saturated carbocycles. The van der Waals surface area contributed by atoms with Crippen molar-refractivity contribution in [2.45, 2.75) is 25.1 Å². The standard InChI is InChI=1S/C9H9F3N2OS/c10-9(11,12)4-14(6-1-2-6)8(15)7-3-16-5-13-7/h3,5-6H,1-2,4H2. The lowest BCUT2D eigenvalue weighted by Gasteiger charge is -2.22. The maximum Gasteiger partial charge on any atom is 0.406 e. The second-order valence-electron chi connectivity index (χ2n) is 3.65. The Bertz CT molecular complexity index is 373. The van der Waals surface area contributed by atoms with Gasteiger partial charge in [0, 0.05) is 11.4 Å². The predicted molar refractivity (Wildman–Crippen MR) is 52.2 cm³/mol. The SMILES string of the molecule is O=C(c1cscn1)N(CC(F)(F)F)C1CC1. The number of thiazole rings is 1. The van der Waals surface area contributed by atoms with Gasteiger partial charge in [0.2, 0.25) is 0 Å². The minimum absolute atomic E-state index is 0.0983. The van der Waals surface area contributed by atoms with Crippen molar-refractivity contribution >= 4 is 17.2 Å². The molecule has 1 aliphatic carbocycles. The molecule has 0 spiro atoms. The first-order valence-corrected chi connectivity index (χ1v) is 5.67. The Kier molecular flexibility index (Phi) is 2.88. The molecule has 0 aromatic carbocycles. The van der Waals surface area contributed by atoms with Gasteiger partial charge in [-0.05, 0) is 12.8 Å². The fraction of sp³-hybridized carbons (Fsp3) is 0.556. The van der Waals surface area contributed by atoms with E-state index in [0.29, 0.717) is 12.8 Å². The van der Waals surface area contributed by atoms with Gasteiger partial charge in [-0.2, -0.15) is 13.2 Å². The van der Waals surface area contributed by atoms with E-state index in [9.17, 15) is 18.0 Å². The number of carbonyl (C=O) groups excluding carboxylic acids is 1. The molecule has 0 radical (unpaired) electrons. The Morgan fingerprint density at radius 2 is 2.25 bits per heavy atom. The van der Waals surface area contributed by atoms with Gasteiger partial charge in [0.25, 0.3) is 5.91 Å². The Labute approximate surface area is 93.9 Å². The molecule has 1 aromatic rings. The van der Waals surface area contributed by atoms with E-state index in [-0.39, 0.29) is 11.7 Å². The highest BCUT2D eigenvalue weighted by Gasteiger charge is 2.41. The molecule has 16 heavy (non-hydrogen) atoms. The fourth-order valence-electron chi connectivity index (χ4n) is 1.41. The van der Waals surface area contributed by atoms with Gasteiger partial charge in [0.1, 0.15) is 12.2 Å². The minimum atomic E-state index is -4.35. The molecule has 0 N–H and O–H groups in total. The average Bonchev–Trinajstić information content (AvgIpc) is 2.87. The average molecular weight is 250 g/mol. The predicted octanol–water partition coefficient (Wildman–Crippen LogP) is 2.31. The maximum absolute atomic E-state index is 12.3. The summed E-state index contributed by atoms with van der Waals surface area (Å²) in [5, 5.41) is 1.47. The first kappa shape index (κ1) is 11.4. The quantitative estimate of drug-likeness (QED) is 0.824. The number of rotatable bonds is 3. The van der Waals surface area contributed by atoms with Crippen molar-refractivity contribution in [1.29, 1.82) is 0 Å². The molecule has 0 aliphatic heterocycles. The normalized spacial score (nSPS) is 16.2. The number of nitrogens with zero attached hydrogens (tertiary/aromatic N) is 2. The maximum atomic E-state index is 12.3. The molecule has 1 aliphatic rings. The number of carbonyl (C=O) groups is 1. The number of amides is 1. The molecular weight excluding hydrogens is 241 g/mol. The number of halogens is 3. The van der Waals surface area contributed by atoms with Crippen LogP contribution in [0.15, 0.2) is 10.9 Å². The van der Waals surface area contributed by atoms with Crippen LogP contribution in [0, 0.1) is 0 Å². The van der Waals surface area contributed by atoms with E-state index < -0.39 is 18.6 Å². The third kappa shape index (κ3) is 2.72. The van der Waals surface area contributed by atoms with Crippen molar-refractivity contribution in [3.8, 4) is 0 Å². The largest absolute Gasteiger partial charge is 0.406 e. The van der Waals surface area contributed by atoms with Crippen molar-refractivity contribution in [1.82, 2.24) is 9.88 Å². The molecule has 0 saturated heterocycles. The molecule has 0 atom stereocenters. The van der Waals surface area contributed by atoms with Crippen molar-refractivity contribution in [2.24, 2.45) is 0 Å². The van der Waals surface area contributed by atoms with Crippen LogP contribution in [0.1, 0.15) is 23.3 Å². The van der Waals surface area contributed by atoms with Gasteiger partial charge >= 0.3 is 6.18 Å². The minimum Gasteiger partial charge on any atom is -0.325 e. The molecule has 88 valence electrons. The third-order valence-corrected chi connectivity index (χ3v) is 2.84. The van der Waals surface area contributed by atoms with E-state index >= 15 is 0 Å². The zero-order valence-corrected chi connectivity index (χ0v) is 9.01. The van der Waals surface area contributed by atoms with Gasteiger partial charge < -0.3 is 4.90 Å². The highest BCUT2D eigenvalue weighted by molar-refractivity contribution is 7.07.